The lowest BCUT2D eigenvalue weighted by atomic mass is 10.2. The summed E-state index contributed by atoms with van der Waals surface area (Å²) in [4.78, 5) is 4.72. The molecule has 0 radical (unpaired) electrons. The summed E-state index contributed by atoms with van der Waals surface area (Å²) in [5, 5.41) is 7.44. The van der Waals surface area contributed by atoms with Crippen LogP contribution in [0.5, 0.6) is 0 Å². The van der Waals surface area contributed by atoms with E-state index in [2.05, 4.69) is 10.2 Å². The number of anilines is 1. The van der Waals surface area contributed by atoms with Crippen molar-refractivity contribution in [3.05, 3.63) is 102 Å². The summed E-state index contributed by atoms with van der Waals surface area (Å²) in [6.07, 6.45) is -4.67. The highest BCUT2D eigenvalue weighted by molar-refractivity contribution is 7.72. The first-order chi connectivity index (χ1) is 17.1. The van der Waals surface area contributed by atoms with Gasteiger partial charge >= 0.3 is 6.18 Å². The Labute approximate surface area is 204 Å². The number of amidine groups is 1. The van der Waals surface area contributed by atoms with Crippen molar-refractivity contribution in [2.24, 2.45) is 4.99 Å². The predicted molar refractivity (Wildman–Crippen MR) is 131 cm³/mol. The predicted octanol–water partition coefficient (Wildman–Crippen LogP) is 6.29. The monoisotopic (exact) mass is 513 g/mol. The van der Waals surface area contributed by atoms with Gasteiger partial charge in [-0.2, -0.15) is 18.3 Å². The number of hydrogen-bond donors (Lipinski definition) is 1. The van der Waals surface area contributed by atoms with E-state index in [9.17, 15) is 22.1 Å². The molecular formula is C25H20F4N5OP. The molecule has 1 aromatic heterocycles. The van der Waals surface area contributed by atoms with Crippen molar-refractivity contribution in [1.82, 2.24) is 14.5 Å². The molecule has 1 atom stereocenters. The number of benzene rings is 3. The van der Waals surface area contributed by atoms with Gasteiger partial charge in [-0.15, -0.1) is 0 Å². The highest BCUT2D eigenvalue weighted by Gasteiger charge is 2.45. The largest absolute Gasteiger partial charge is 0.418 e. The van der Waals surface area contributed by atoms with Crippen LogP contribution in [0.2, 0.25) is 0 Å². The summed E-state index contributed by atoms with van der Waals surface area (Å²) in [5.74, 6) is -0.0552. The van der Waals surface area contributed by atoms with Gasteiger partial charge < -0.3 is 5.09 Å². The minimum Gasteiger partial charge on any atom is -0.316 e. The van der Waals surface area contributed by atoms with Crippen LogP contribution >= 0.6 is 7.44 Å². The minimum absolute atomic E-state index is 0.191. The van der Waals surface area contributed by atoms with E-state index in [0.29, 0.717) is 16.9 Å². The summed E-state index contributed by atoms with van der Waals surface area (Å²) >= 11 is 0. The summed E-state index contributed by atoms with van der Waals surface area (Å²) in [6, 6.07) is 19.3. The molecule has 11 heteroatoms. The quantitative estimate of drug-likeness (QED) is 0.257. The van der Waals surface area contributed by atoms with Crippen LogP contribution in [0.25, 0.3) is 5.69 Å². The zero-order valence-corrected chi connectivity index (χ0v) is 20.1. The second-order valence-electron chi connectivity index (χ2n) is 8.20. The first-order valence-electron chi connectivity index (χ1n) is 10.9. The molecule has 5 rings (SSSR count). The van der Waals surface area contributed by atoms with Crippen LogP contribution in [-0.4, -0.2) is 27.3 Å². The molecule has 3 aromatic carbocycles. The molecule has 0 spiro atoms. The van der Waals surface area contributed by atoms with Gasteiger partial charge in [0.25, 0.3) is 7.44 Å². The van der Waals surface area contributed by atoms with Gasteiger partial charge in [-0.05, 0) is 55.5 Å². The lowest BCUT2D eigenvalue weighted by molar-refractivity contribution is -0.136. The average Bonchev–Trinajstić information content (AvgIpc) is 3.19. The zero-order valence-electron chi connectivity index (χ0n) is 19.2. The number of alkyl halides is 3. The molecule has 2 heterocycles. The highest BCUT2D eigenvalue weighted by atomic mass is 31.2. The number of rotatable bonds is 4. The van der Waals surface area contributed by atoms with E-state index >= 15 is 0 Å². The van der Waals surface area contributed by atoms with Crippen LogP contribution in [0.1, 0.15) is 16.8 Å². The van der Waals surface area contributed by atoms with Crippen molar-refractivity contribution < 1.29 is 22.1 Å². The minimum atomic E-state index is -4.67. The Morgan fingerprint density at radius 1 is 0.917 bits per heavy atom. The van der Waals surface area contributed by atoms with Crippen LogP contribution in [0.3, 0.4) is 0 Å². The number of aromatic nitrogens is 2. The second-order valence-corrected chi connectivity index (χ2v) is 10.6. The van der Waals surface area contributed by atoms with Crippen LogP contribution in [-0.2, 0) is 10.7 Å². The number of halogens is 4. The number of aliphatic imine (C=N–C) groups is 1. The van der Waals surface area contributed by atoms with Gasteiger partial charge in [0.1, 0.15) is 17.0 Å². The number of hydrogen-bond acceptors (Lipinski definition) is 3. The van der Waals surface area contributed by atoms with Crippen LogP contribution in [0.15, 0.2) is 83.9 Å². The van der Waals surface area contributed by atoms with Crippen molar-refractivity contribution in [2.75, 3.05) is 12.1 Å². The molecular weight excluding hydrogens is 493 g/mol. The third-order valence-electron chi connectivity index (χ3n) is 5.86. The smallest absolute Gasteiger partial charge is 0.316 e. The maximum Gasteiger partial charge on any atom is 0.418 e. The van der Waals surface area contributed by atoms with E-state index in [-0.39, 0.29) is 22.6 Å². The Hall–Kier alpha value is -3.91. The van der Waals surface area contributed by atoms with Crippen LogP contribution in [0.4, 0.5) is 29.1 Å². The number of fused-ring (bicyclic) bond motifs is 1. The van der Waals surface area contributed by atoms with Gasteiger partial charge in [0.05, 0.1) is 22.6 Å². The van der Waals surface area contributed by atoms with E-state index in [4.69, 9.17) is 4.99 Å². The van der Waals surface area contributed by atoms with Crippen LogP contribution < -0.4 is 10.4 Å². The number of nitrogens with one attached hydrogen (secondary N) is 1. The molecule has 0 unspecified atom stereocenters. The third-order valence-corrected chi connectivity index (χ3v) is 8.56. The van der Waals surface area contributed by atoms with Gasteiger partial charge in [0, 0.05) is 12.6 Å². The SMILES string of the molecule is Cc1nn(-c2ccccc2)c2c1[P@](=O)(Nc1ccccc1C(F)(F)F)N(C)C(c1ccc(F)cc1)=N2. The summed E-state index contributed by atoms with van der Waals surface area (Å²) < 4.78 is 72.6. The lowest BCUT2D eigenvalue weighted by Crippen LogP contribution is -2.36. The fraction of sp³-hybridized carbons (Fsp3) is 0.120. The van der Waals surface area contributed by atoms with Crippen LogP contribution in [0, 0.1) is 12.7 Å². The Balaban J connectivity index is 1.76. The molecule has 0 bridgehead atoms. The van der Waals surface area contributed by atoms with Crippen molar-refractivity contribution in [1.29, 1.82) is 0 Å². The van der Waals surface area contributed by atoms with Gasteiger partial charge in [-0.25, -0.2) is 14.1 Å². The molecule has 0 saturated carbocycles. The van der Waals surface area contributed by atoms with E-state index in [1.807, 2.05) is 6.07 Å². The van der Waals surface area contributed by atoms with E-state index in [1.165, 1.54) is 58.9 Å². The highest BCUT2D eigenvalue weighted by Crippen LogP contribution is 2.55. The third kappa shape index (κ3) is 3.97. The van der Waals surface area contributed by atoms with E-state index < -0.39 is 25.0 Å². The molecule has 0 amide bonds. The van der Waals surface area contributed by atoms with Gasteiger partial charge in [-0.1, -0.05) is 30.3 Å². The summed E-state index contributed by atoms with van der Waals surface area (Å²) in [6.45, 7) is 1.63. The Morgan fingerprint density at radius 2 is 1.56 bits per heavy atom. The number of aryl methyl sites for hydroxylation is 1. The maximum atomic E-state index is 14.8. The molecule has 184 valence electrons. The average molecular weight is 513 g/mol. The molecule has 36 heavy (non-hydrogen) atoms. The molecule has 1 aliphatic heterocycles. The topological polar surface area (TPSA) is 62.5 Å². The number of para-hydroxylation sites is 2. The van der Waals surface area contributed by atoms with Crippen molar-refractivity contribution >= 4 is 30.1 Å². The van der Waals surface area contributed by atoms with Crippen molar-refractivity contribution in [3.8, 4) is 5.69 Å². The zero-order chi connectivity index (χ0) is 25.7. The van der Waals surface area contributed by atoms with Gasteiger partial charge in [0.2, 0.25) is 0 Å². The fourth-order valence-electron chi connectivity index (χ4n) is 4.14. The van der Waals surface area contributed by atoms with Crippen molar-refractivity contribution in [2.45, 2.75) is 13.1 Å². The second kappa shape index (κ2) is 8.64. The normalized spacial score (nSPS) is 17.5. The Bertz CT molecular complexity index is 1510. The number of nitrogens with zero attached hydrogens (tertiary/aromatic N) is 4. The molecule has 0 fully saturated rings. The molecule has 1 N–H and O–H groups in total. The fourth-order valence-corrected chi connectivity index (χ4v) is 6.55. The van der Waals surface area contributed by atoms with Gasteiger partial charge in [0.15, 0.2) is 5.82 Å². The Morgan fingerprint density at radius 3 is 2.22 bits per heavy atom. The standard InChI is InChI=1S/C25H20F4N5OP/c1-16-22-24(34(31-16)19-8-4-3-5-9-19)30-23(17-12-14-18(26)15-13-17)33(2)36(22,35)32-21-11-7-6-10-20(21)25(27,28)29/h3-15H,1-2H3,(H,32,35)/t36-/m0/s1. The first-order valence-corrected chi connectivity index (χ1v) is 12.5. The maximum absolute atomic E-state index is 14.8. The van der Waals surface area contributed by atoms with E-state index in [0.717, 1.165) is 6.07 Å². The van der Waals surface area contributed by atoms with E-state index in [1.54, 1.807) is 31.2 Å². The molecule has 6 nitrogen and oxygen atoms in total. The first kappa shape index (κ1) is 23.8. The Kier molecular flexibility index (Phi) is 5.71. The molecule has 0 aliphatic carbocycles. The lowest BCUT2D eigenvalue weighted by Gasteiger charge is -2.35. The van der Waals surface area contributed by atoms with Gasteiger partial charge in [-0.3, -0.25) is 9.24 Å². The molecule has 4 aromatic rings. The van der Waals surface area contributed by atoms with Crippen molar-refractivity contribution in [3.63, 3.8) is 0 Å². The summed E-state index contributed by atoms with van der Waals surface area (Å²) in [5.41, 5.74) is 0.139. The molecule has 1 aliphatic rings. The molecule has 0 saturated heterocycles. The summed E-state index contributed by atoms with van der Waals surface area (Å²) in [7, 11) is -2.53.